The van der Waals surface area contributed by atoms with Gasteiger partial charge in [-0.2, -0.15) is 0 Å². The Balaban J connectivity index is 1.46. The number of aryl methyl sites for hydroxylation is 2. The molecule has 2 aromatic heterocycles. The number of benzene rings is 2. The van der Waals surface area contributed by atoms with Crippen LogP contribution in [-0.2, 0) is 0 Å². The number of anilines is 2. The summed E-state index contributed by atoms with van der Waals surface area (Å²) >= 11 is 1.45. The number of amides is 2. The van der Waals surface area contributed by atoms with Gasteiger partial charge < -0.3 is 9.73 Å². The van der Waals surface area contributed by atoms with Gasteiger partial charge in [0, 0.05) is 11.3 Å². The quantitative estimate of drug-likeness (QED) is 0.512. The lowest BCUT2D eigenvalue weighted by atomic mass is 10.1. The van der Waals surface area contributed by atoms with Gasteiger partial charge in [0.2, 0.25) is 0 Å². The van der Waals surface area contributed by atoms with E-state index in [4.69, 9.17) is 4.42 Å². The molecule has 2 amide bonds. The minimum Gasteiger partial charge on any atom is -0.459 e. The number of aromatic nitrogens is 1. The zero-order chi connectivity index (χ0) is 19.7. The Labute approximate surface area is 165 Å². The van der Waals surface area contributed by atoms with E-state index in [1.165, 1.54) is 23.2 Å². The van der Waals surface area contributed by atoms with E-state index in [2.05, 4.69) is 27.8 Å². The van der Waals surface area contributed by atoms with Crippen LogP contribution in [0.3, 0.4) is 0 Å². The molecule has 2 N–H and O–H groups in total. The monoisotopic (exact) mass is 391 g/mol. The summed E-state index contributed by atoms with van der Waals surface area (Å²) in [5.74, 6) is -0.372. The number of nitrogens with zero attached hydrogens (tertiary/aromatic N) is 1. The summed E-state index contributed by atoms with van der Waals surface area (Å²) in [6.07, 6.45) is 1.44. The van der Waals surface area contributed by atoms with Crippen molar-refractivity contribution in [2.45, 2.75) is 13.8 Å². The first-order chi connectivity index (χ1) is 13.5. The van der Waals surface area contributed by atoms with Crippen molar-refractivity contribution in [1.82, 2.24) is 4.98 Å². The van der Waals surface area contributed by atoms with Crippen LogP contribution in [-0.4, -0.2) is 16.8 Å². The standard InChI is InChI=1S/C21H17N3O3S/c1-12-10-13(2)18-17(11-12)28-21(23-18)24-19(25)14-5-7-15(8-6-14)22-20(26)16-4-3-9-27-16/h3-11H,1-2H3,(H,22,26)(H,23,24,25). The third-order valence-electron chi connectivity index (χ3n) is 4.20. The summed E-state index contributed by atoms with van der Waals surface area (Å²) in [4.78, 5) is 29.0. The first kappa shape index (κ1) is 17.9. The van der Waals surface area contributed by atoms with Crippen molar-refractivity contribution in [2.24, 2.45) is 0 Å². The molecular formula is C21H17N3O3S. The fourth-order valence-electron chi connectivity index (χ4n) is 2.90. The number of hydrogen-bond acceptors (Lipinski definition) is 5. The Morgan fingerprint density at radius 3 is 2.50 bits per heavy atom. The SMILES string of the molecule is Cc1cc(C)c2nc(NC(=O)c3ccc(NC(=O)c4ccco4)cc3)sc2c1. The maximum Gasteiger partial charge on any atom is 0.291 e. The summed E-state index contributed by atoms with van der Waals surface area (Å²) < 4.78 is 6.10. The van der Waals surface area contributed by atoms with Gasteiger partial charge in [-0.25, -0.2) is 4.98 Å². The zero-order valence-corrected chi connectivity index (χ0v) is 16.1. The van der Waals surface area contributed by atoms with E-state index in [1.54, 1.807) is 36.4 Å². The Hall–Kier alpha value is -3.45. The van der Waals surface area contributed by atoms with E-state index in [-0.39, 0.29) is 17.6 Å². The van der Waals surface area contributed by atoms with Crippen LogP contribution in [0, 0.1) is 13.8 Å². The smallest absolute Gasteiger partial charge is 0.291 e. The van der Waals surface area contributed by atoms with Crippen LogP contribution < -0.4 is 10.6 Å². The van der Waals surface area contributed by atoms with Gasteiger partial charge in [0.15, 0.2) is 10.9 Å². The van der Waals surface area contributed by atoms with Crippen molar-refractivity contribution >= 4 is 44.2 Å². The minimum atomic E-state index is -0.345. The van der Waals surface area contributed by atoms with Crippen molar-refractivity contribution in [2.75, 3.05) is 10.6 Å². The van der Waals surface area contributed by atoms with Crippen LogP contribution in [0.25, 0.3) is 10.2 Å². The summed E-state index contributed by atoms with van der Waals surface area (Å²) in [5.41, 5.74) is 4.20. The Bertz CT molecular complexity index is 1160. The summed E-state index contributed by atoms with van der Waals surface area (Å²) in [5, 5.41) is 6.12. The Morgan fingerprint density at radius 2 is 1.79 bits per heavy atom. The highest BCUT2D eigenvalue weighted by Gasteiger charge is 2.13. The molecule has 4 rings (SSSR count). The van der Waals surface area contributed by atoms with Crippen molar-refractivity contribution in [3.63, 3.8) is 0 Å². The first-order valence-electron chi connectivity index (χ1n) is 8.63. The second-order valence-electron chi connectivity index (χ2n) is 6.41. The molecule has 140 valence electrons. The maximum absolute atomic E-state index is 12.5. The second-order valence-corrected chi connectivity index (χ2v) is 7.44. The van der Waals surface area contributed by atoms with Crippen LogP contribution in [0.4, 0.5) is 10.8 Å². The van der Waals surface area contributed by atoms with Gasteiger partial charge in [-0.3, -0.25) is 14.9 Å². The molecule has 0 bridgehead atoms. The number of hydrogen-bond donors (Lipinski definition) is 2. The molecule has 2 heterocycles. The summed E-state index contributed by atoms with van der Waals surface area (Å²) in [7, 11) is 0. The predicted molar refractivity (Wildman–Crippen MR) is 110 cm³/mol. The number of rotatable bonds is 4. The van der Waals surface area contributed by atoms with Crippen molar-refractivity contribution in [3.8, 4) is 0 Å². The number of thiazole rings is 1. The average Bonchev–Trinajstić information content (AvgIpc) is 3.32. The maximum atomic E-state index is 12.5. The van der Waals surface area contributed by atoms with Gasteiger partial charge in [0.05, 0.1) is 16.5 Å². The molecule has 0 radical (unpaired) electrons. The largest absolute Gasteiger partial charge is 0.459 e. The molecule has 0 aliphatic rings. The lowest BCUT2D eigenvalue weighted by molar-refractivity contribution is 0.0995. The minimum absolute atomic E-state index is 0.225. The summed E-state index contributed by atoms with van der Waals surface area (Å²) in [6, 6.07) is 14.0. The third kappa shape index (κ3) is 3.65. The van der Waals surface area contributed by atoms with Crippen LogP contribution in [0.15, 0.2) is 59.2 Å². The topological polar surface area (TPSA) is 84.2 Å². The normalized spacial score (nSPS) is 10.8. The van der Waals surface area contributed by atoms with Gasteiger partial charge in [-0.1, -0.05) is 17.4 Å². The third-order valence-corrected chi connectivity index (χ3v) is 5.12. The molecular weight excluding hydrogens is 374 g/mol. The summed E-state index contributed by atoms with van der Waals surface area (Å²) in [6.45, 7) is 4.05. The Kier molecular flexibility index (Phi) is 4.67. The van der Waals surface area contributed by atoms with Crippen LogP contribution >= 0.6 is 11.3 Å². The highest BCUT2D eigenvalue weighted by molar-refractivity contribution is 7.22. The second kappa shape index (κ2) is 7.28. The molecule has 2 aromatic carbocycles. The molecule has 0 saturated heterocycles. The molecule has 0 fully saturated rings. The van der Waals surface area contributed by atoms with Crippen molar-refractivity contribution in [1.29, 1.82) is 0 Å². The number of carbonyl (C=O) groups is 2. The highest BCUT2D eigenvalue weighted by atomic mass is 32.1. The predicted octanol–water partition coefficient (Wildman–Crippen LogP) is 5.01. The lowest BCUT2D eigenvalue weighted by Crippen LogP contribution is -2.13. The number of fused-ring (bicyclic) bond motifs is 1. The number of nitrogens with one attached hydrogen (secondary N) is 2. The van der Waals surface area contributed by atoms with Crippen LogP contribution in [0.1, 0.15) is 32.0 Å². The van der Waals surface area contributed by atoms with Crippen LogP contribution in [0.2, 0.25) is 0 Å². The molecule has 0 spiro atoms. The van der Waals surface area contributed by atoms with E-state index in [9.17, 15) is 9.59 Å². The van der Waals surface area contributed by atoms with Gasteiger partial charge in [-0.05, 0) is 67.4 Å². The molecule has 28 heavy (non-hydrogen) atoms. The molecule has 0 unspecified atom stereocenters. The van der Waals surface area contributed by atoms with E-state index >= 15 is 0 Å². The van der Waals surface area contributed by atoms with E-state index in [0.29, 0.717) is 16.4 Å². The highest BCUT2D eigenvalue weighted by Crippen LogP contribution is 2.29. The molecule has 6 nitrogen and oxygen atoms in total. The lowest BCUT2D eigenvalue weighted by Gasteiger charge is -2.05. The van der Waals surface area contributed by atoms with Gasteiger partial charge in [-0.15, -0.1) is 0 Å². The Morgan fingerprint density at radius 1 is 1.00 bits per heavy atom. The van der Waals surface area contributed by atoms with E-state index in [0.717, 1.165) is 15.8 Å². The molecule has 0 atom stereocenters. The fourth-order valence-corrected chi connectivity index (χ4v) is 3.94. The van der Waals surface area contributed by atoms with Gasteiger partial charge >= 0.3 is 0 Å². The van der Waals surface area contributed by atoms with Gasteiger partial charge in [0.25, 0.3) is 11.8 Å². The molecule has 0 aliphatic heterocycles. The fraction of sp³-hybridized carbons (Fsp3) is 0.0952. The van der Waals surface area contributed by atoms with Crippen LogP contribution in [0.5, 0.6) is 0 Å². The van der Waals surface area contributed by atoms with E-state index < -0.39 is 0 Å². The molecule has 4 aromatic rings. The number of furan rings is 1. The van der Waals surface area contributed by atoms with Crippen molar-refractivity contribution in [3.05, 3.63) is 77.2 Å². The molecule has 0 saturated carbocycles. The average molecular weight is 391 g/mol. The van der Waals surface area contributed by atoms with Gasteiger partial charge in [0.1, 0.15) is 0 Å². The first-order valence-corrected chi connectivity index (χ1v) is 9.45. The zero-order valence-electron chi connectivity index (χ0n) is 15.3. The molecule has 0 aliphatic carbocycles. The van der Waals surface area contributed by atoms with Crippen molar-refractivity contribution < 1.29 is 14.0 Å². The number of carbonyl (C=O) groups excluding carboxylic acids is 2. The van der Waals surface area contributed by atoms with E-state index in [1.807, 2.05) is 13.8 Å². The molecule has 7 heteroatoms.